The van der Waals surface area contributed by atoms with Gasteiger partial charge in [0.2, 0.25) is 20.0 Å². The molecule has 0 unspecified atom stereocenters. The van der Waals surface area contributed by atoms with Gasteiger partial charge in [-0.05, 0) is 47.0 Å². The van der Waals surface area contributed by atoms with Crippen molar-refractivity contribution < 1.29 is 16.8 Å². The van der Waals surface area contributed by atoms with E-state index in [2.05, 4.69) is 20.7 Å². The molecule has 0 aliphatic heterocycles. The van der Waals surface area contributed by atoms with Crippen LogP contribution in [-0.2, 0) is 20.0 Å². The van der Waals surface area contributed by atoms with Gasteiger partial charge in [0.25, 0.3) is 0 Å². The normalized spacial score (nSPS) is 12.6. The second-order valence-electron chi connectivity index (χ2n) is 4.05. The Morgan fingerprint density at radius 1 is 1.26 bits per heavy atom. The molecule has 0 spiro atoms. The molecule has 19 heavy (non-hydrogen) atoms. The van der Waals surface area contributed by atoms with E-state index in [1.165, 1.54) is 6.07 Å². The van der Waals surface area contributed by atoms with Crippen molar-refractivity contribution in [1.82, 2.24) is 4.72 Å². The van der Waals surface area contributed by atoms with Crippen LogP contribution in [0.1, 0.15) is 12.0 Å². The molecule has 0 radical (unpaired) electrons. The van der Waals surface area contributed by atoms with Crippen molar-refractivity contribution in [2.45, 2.75) is 18.2 Å². The van der Waals surface area contributed by atoms with Gasteiger partial charge in [0.05, 0.1) is 10.6 Å². The van der Waals surface area contributed by atoms with E-state index in [1.807, 2.05) is 6.92 Å². The van der Waals surface area contributed by atoms with Gasteiger partial charge in [-0.2, -0.15) is 0 Å². The van der Waals surface area contributed by atoms with Crippen LogP contribution in [0.15, 0.2) is 27.6 Å². The van der Waals surface area contributed by atoms with Crippen LogP contribution in [-0.4, -0.2) is 29.1 Å². The smallest absolute Gasteiger partial charge is 0.229 e. The minimum absolute atomic E-state index is 0.0130. The Morgan fingerprint density at radius 2 is 1.89 bits per heavy atom. The summed E-state index contributed by atoms with van der Waals surface area (Å²) in [5.74, 6) is -0.259. The number of aryl methyl sites for hydroxylation is 1. The third kappa shape index (κ3) is 5.57. The van der Waals surface area contributed by atoms with Crippen molar-refractivity contribution in [1.29, 1.82) is 0 Å². The number of benzene rings is 1. The fourth-order valence-corrected chi connectivity index (χ4v) is 4.19. The SMILES string of the molecule is Cc1ccc(S(=O)(=O)NCCCS(N)(=O)=O)c(Br)c1. The average Bonchev–Trinajstić information content (AvgIpc) is 2.22. The third-order valence-corrected chi connectivity index (χ3v) is 5.57. The Hall–Kier alpha value is -0.480. The van der Waals surface area contributed by atoms with E-state index in [0.717, 1.165) is 5.56 Å². The van der Waals surface area contributed by atoms with Gasteiger partial charge in [0.15, 0.2) is 0 Å². The lowest BCUT2D eigenvalue weighted by Gasteiger charge is -2.08. The summed E-state index contributed by atoms with van der Waals surface area (Å²) in [6, 6.07) is 4.87. The molecule has 0 saturated carbocycles. The molecule has 1 rings (SSSR count). The van der Waals surface area contributed by atoms with Crippen molar-refractivity contribution >= 4 is 36.0 Å². The number of nitrogens with two attached hydrogens (primary N) is 1. The van der Waals surface area contributed by atoms with E-state index in [9.17, 15) is 16.8 Å². The van der Waals surface area contributed by atoms with Crippen molar-refractivity contribution in [2.24, 2.45) is 5.14 Å². The van der Waals surface area contributed by atoms with Gasteiger partial charge in [-0.25, -0.2) is 26.7 Å². The van der Waals surface area contributed by atoms with E-state index >= 15 is 0 Å². The molecule has 0 atom stereocenters. The Bertz CT molecular complexity index is 656. The molecule has 108 valence electrons. The highest BCUT2D eigenvalue weighted by molar-refractivity contribution is 9.10. The lowest BCUT2D eigenvalue weighted by molar-refractivity contribution is 0.576. The highest BCUT2D eigenvalue weighted by Gasteiger charge is 2.17. The molecule has 0 aliphatic rings. The molecule has 0 saturated heterocycles. The molecule has 6 nitrogen and oxygen atoms in total. The van der Waals surface area contributed by atoms with Gasteiger partial charge < -0.3 is 0 Å². The maximum Gasteiger partial charge on any atom is 0.241 e. The van der Waals surface area contributed by atoms with Crippen LogP contribution in [0, 0.1) is 6.92 Å². The number of hydrogen-bond donors (Lipinski definition) is 2. The summed E-state index contributed by atoms with van der Waals surface area (Å²) in [5.41, 5.74) is 0.931. The highest BCUT2D eigenvalue weighted by atomic mass is 79.9. The van der Waals surface area contributed by atoms with Gasteiger partial charge in [0.1, 0.15) is 0 Å². The van der Waals surface area contributed by atoms with Gasteiger partial charge >= 0.3 is 0 Å². The Kier molecular flexibility index (Phi) is 5.51. The molecular formula is C10H15BrN2O4S2. The van der Waals surface area contributed by atoms with Gasteiger partial charge in [-0.15, -0.1) is 0 Å². The first-order chi connectivity index (χ1) is 8.62. The summed E-state index contributed by atoms with van der Waals surface area (Å²) in [6.07, 6.45) is 0.127. The van der Waals surface area contributed by atoms with Crippen LogP contribution in [0.2, 0.25) is 0 Å². The molecular weight excluding hydrogens is 356 g/mol. The predicted molar refractivity (Wildman–Crippen MR) is 76.7 cm³/mol. The standard InChI is InChI=1S/C10H15BrN2O4S2/c1-8-3-4-10(9(11)7-8)19(16,17)13-5-2-6-18(12,14)15/h3-4,7,13H,2,5-6H2,1H3,(H2,12,14,15). The van der Waals surface area contributed by atoms with Crippen LogP contribution in [0.4, 0.5) is 0 Å². The monoisotopic (exact) mass is 370 g/mol. The molecule has 0 aromatic heterocycles. The zero-order chi connectivity index (χ0) is 14.7. The maximum absolute atomic E-state index is 12.0. The Labute approximate surface area is 121 Å². The summed E-state index contributed by atoms with van der Waals surface area (Å²) < 4.78 is 48.1. The van der Waals surface area contributed by atoms with Crippen molar-refractivity contribution in [3.8, 4) is 0 Å². The summed E-state index contributed by atoms with van der Waals surface area (Å²) in [6.45, 7) is 1.86. The third-order valence-electron chi connectivity index (χ3n) is 2.27. The fraction of sp³-hybridized carbons (Fsp3) is 0.400. The van der Waals surface area contributed by atoms with Crippen LogP contribution in [0.25, 0.3) is 0 Å². The van der Waals surface area contributed by atoms with E-state index in [0.29, 0.717) is 4.47 Å². The molecule has 1 aromatic carbocycles. The summed E-state index contributed by atoms with van der Waals surface area (Å²) >= 11 is 3.19. The van der Waals surface area contributed by atoms with Crippen LogP contribution in [0.5, 0.6) is 0 Å². The first kappa shape index (κ1) is 16.6. The number of nitrogens with one attached hydrogen (secondary N) is 1. The molecule has 0 fully saturated rings. The molecule has 1 aromatic rings. The van der Waals surface area contributed by atoms with Gasteiger partial charge in [0, 0.05) is 11.0 Å². The quantitative estimate of drug-likeness (QED) is 0.719. The number of sulfonamides is 2. The van der Waals surface area contributed by atoms with Gasteiger partial charge in [-0.3, -0.25) is 0 Å². The zero-order valence-corrected chi connectivity index (χ0v) is 13.5. The fourth-order valence-electron chi connectivity index (χ4n) is 1.38. The van der Waals surface area contributed by atoms with E-state index in [4.69, 9.17) is 5.14 Å². The number of hydrogen-bond acceptors (Lipinski definition) is 4. The van der Waals surface area contributed by atoms with E-state index < -0.39 is 20.0 Å². The van der Waals surface area contributed by atoms with Crippen molar-refractivity contribution in [3.05, 3.63) is 28.2 Å². The summed E-state index contributed by atoms with van der Waals surface area (Å²) in [4.78, 5) is 0.119. The topological polar surface area (TPSA) is 106 Å². The molecule has 0 heterocycles. The molecule has 0 bridgehead atoms. The second kappa shape index (κ2) is 6.31. The lowest BCUT2D eigenvalue weighted by Crippen LogP contribution is -2.27. The van der Waals surface area contributed by atoms with E-state index in [1.54, 1.807) is 12.1 Å². The van der Waals surface area contributed by atoms with Gasteiger partial charge in [-0.1, -0.05) is 6.07 Å². The average molecular weight is 371 g/mol. The largest absolute Gasteiger partial charge is 0.241 e. The predicted octanol–water partition coefficient (Wildman–Crippen LogP) is 0.714. The second-order valence-corrected chi connectivity index (χ2v) is 8.38. The minimum Gasteiger partial charge on any atom is -0.229 e. The maximum atomic E-state index is 12.0. The Morgan fingerprint density at radius 3 is 2.42 bits per heavy atom. The van der Waals surface area contributed by atoms with Crippen LogP contribution >= 0.6 is 15.9 Å². The molecule has 0 amide bonds. The first-order valence-corrected chi connectivity index (χ1v) is 9.37. The number of halogens is 1. The van der Waals surface area contributed by atoms with Crippen LogP contribution in [0.3, 0.4) is 0 Å². The van der Waals surface area contributed by atoms with Crippen molar-refractivity contribution in [3.63, 3.8) is 0 Å². The highest BCUT2D eigenvalue weighted by Crippen LogP contribution is 2.22. The lowest BCUT2D eigenvalue weighted by atomic mass is 10.2. The van der Waals surface area contributed by atoms with E-state index in [-0.39, 0.29) is 23.6 Å². The molecule has 0 aliphatic carbocycles. The molecule has 9 heteroatoms. The zero-order valence-electron chi connectivity index (χ0n) is 10.3. The van der Waals surface area contributed by atoms with Crippen LogP contribution < -0.4 is 9.86 Å². The first-order valence-electron chi connectivity index (χ1n) is 5.38. The minimum atomic E-state index is -3.66. The molecule has 3 N–H and O–H groups in total. The summed E-state index contributed by atoms with van der Waals surface area (Å²) in [7, 11) is -7.22. The summed E-state index contributed by atoms with van der Waals surface area (Å²) in [5, 5.41) is 4.82. The van der Waals surface area contributed by atoms with Crippen molar-refractivity contribution in [2.75, 3.05) is 12.3 Å². The number of rotatable bonds is 6. The Balaban J connectivity index is 2.71. The number of primary sulfonamides is 1.